The molecule has 1 aromatic carbocycles. The van der Waals surface area contributed by atoms with Gasteiger partial charge in [0.25, 0.3) is 0 Å². The summed E-state index contributed by atoms with van der Waals surface area (Å²) in [7, 11) is 0. The molecule has 1 saturated carbocycles. The molecular formula is C15H20F. The van der Waals surface area contributed by atoms with E-state index >= 15 is 0 Å². The van der Waals surface area contributed by atoms with Gasteiger partial charge >= 0.3 is 0 Å². The molecule has 1 aromatic rings. The molecule has 1 aliphatic carbocycles. The van der Waals surface area contributed by atoms with Crippen LogP contribution in [0, 0.1) is 18.7 Å². The van der Waals surface area contributed by atoms with Crippen LogP contribution in [0.2, 0.25) is 0 Å². The smallest absolute Gasteiger partial charge is 0.123 e. The van der Waals surface area contributed by atoms with Crippen LogP contribution < -0.4 is 0 Å². The fraction of sp³-hybridized carbons (Fsp3) is 0.533. The first-order valence-electron chi connectivity index (χ1n) is 6.36. The first-order chi connectivity index (χ1) is 7.81. The maximum Gasteiger partial charge on any atom is 0.123 e. The Morgan fingerprint density at radius 3 is 2.31 bits per heavy atom. The van der Waals surface area contributed by atoms with Gasteiger partial charge in [-0.3, -0.25) is 0 Å². The fourth-order valence-corrected chi connectivity index (χ4v) is 2.92. The van der Waals surface area contributed by atoms with Gasteiger partial charge in [0.15, 0.2) is 0 Å². The predicted molar refractivity (Wildman–Crippen MR) is 65.7 cm³/mol. The quantitative estimate of drug-likeness (QED) is 0.690. The molecule has 87 valence electrons. The molecule has 0 nitrogen and oxygen atoms in total. The maximum atomic E-state index is 12.9. The average molecular weight is 219 g/mol. The Kier molecular flexibility index (Phi) is 3.98. The van der Waals surface area contributed by atoms with Crippen LogP contribution in [-0.2, 0) is 0 Å². The van der Waals surface area contributed by atoms with Gasteiger partial charge in [0, 0.05) is 0 Å². The van der Waals surface area contributed by atoms with Crippen molar-refractivity contribution in [1.29, 1.82) is 0 Å². The van der Waals surface area contributed by atoms with E-state index in [9.17, 15) is 4.39 Å². The zero-order valence-corrected chi connectivity index (χ0v) is 9.79. The number of rotatable bonds is 3. The number of halogens is 1. The van der Waals surface area contributed by atoms with Gasteiger partial charge in [0.05, 0.1) is 0 Å². The van der Waals surface area contributed by atoms with E-state index in [4.69, 9.17) is 0 Å². The van der Waals surface area contributed by atoms with Crippen LogP contribution in [0.25, 0.3) is 0 Å². The first-order valence-corrected chi connectivity index (χ1v) is 6.36. The van der Waals surface area contributed by atoms with E-state index in [0.29, 0.717) is 5.92 Å². The standard InChI is InChI=1S/C15H20F/c1-2-15(12-6-4-3-5-7-12)13-8-10-14(16)11-9-13/h8-12,15H,1-7H2. The van der Waals surface area contributed by atoms with Crippen molar-refractivity contribution in [2.45, 2.75) is 44.4 Å². The minimum Gasteiger partial charge on any atom is -0.207 e. The Hall–Kier alpha value is -0.850. The van der Waals surface area contributed by atoms with E-state index in [-0.39, 0.29) is 5.82 Å². The molecule has 0 N–H and O–H groups in total. The minimum atomic E-state index is -0.143. The highest BCUT2D eigenvalue weighted by molar-refractivity contribution is 5.21. The van der Waals surface area contributed by atoms with E-state index in [2.05, 4.69) is 6.92 Å². The Morgan fingerprint density at radius 1 is 1.12 bits per heavy atom. The van der Waals surface area contributed by atoms with E-state index in [1.54, 1.807) is 12.1 Å². The normalized spacial score (nSPS) is 19.6. The van der Waals surface area contributed by atoms with Crippen molar-refractivity contribution in [2.24, 2.45) is 5.92 Å². The molecule has 0 amide bonds. The second-order valence-electron chi connectivity index (χ2n) is 4.84. The van der Waals surface area contributed by atoms with Gasteiger partial charge < -0.3 is 0 Å². The molecule has 1 heteroatoms. The summed E-state index contributed by atoms with van der Waals surface area (Å²) >= 11 is 0. The SMILES string of the molecule is [CH2]CC(c1ccc(F)cc1)C1CCCCC1. The Morgan fingerprint density at radius 2 is 1.75 bits per heavy atom. The van der Waals surface area contributed by atoms with Crippen LogP contribution in [0.3, 0.4) is 0 Å². The predicted octanol–water partition coefficient (Wildman–Crippen LogP) is 4.71. The third-order valence-corrected chi connectivity index (χ3v) is 3.83. The molecule has 1 unspecified atom stereocenters. The van der Waals surface area contributed by atoms with Crippen LogP contribution >= 0.6 is 0 Å². The van der Waals surface area contributed by atoms with Gasteiger partial charge in [-0.25, -0.2) is 4.39 Å². The van der Waals surface area contributed by atoms with Crippen LogP contribution in [0.4, 0.5) is 4.39 Å². The fourth-order valence-electron chi connectivity index (χ4n) is 2.92. The van der Waals surface area contributed by atoms with Gasteiger partial charge in [-0.2, -0.15) is 0 Å². The van der Waals surface area contributed by atoms with Crippen molar-refractivity contribution in [3.63, 3.8) is 0 Å². The Bertz CT molecular complexity index is 309. The highest BCUT2D eigenvalue weighted by Crippen LogP contribution is 2.37. The van der Waals surface area contributed by atoms with Gasteiger partial charge in [0.1, 0.15) is 5.82 Å². The molecule has 0 aromatic heterocycles. The van der Waals surface area contributed by atoms with Crippen molar-refractivity contribution in [3.05, 3.63) is 42.6 Å². The molecule has 0 spiro atoms. The zero-order valence-electron chi connectivity index (χ0n) is 9.79. The lowest BCUT2D eigenvalue weighted by Gasteiger charge is -2.29. The van der Waals surface area contributed by atoms with Crippen LogP contribution in [0.5, 0.6) is 0 Å². The van der Waals surface area contributed by atoms with Crippen LogP contribution in [-0.4, -0.2) is 0 Å². The first kappa shape index (κ1) is 11.6. The third-order valence-electron chi connectivity index (χ3n) is 3.83. The Balaban J connectivity index is 2.11. The lowest BCUT2D eigenvalue weighted by molar-refractivity contribution is 0.304. The summed E-state index contributed by atoms with van der Waals surface area (Å²) in [6.07, 6.45) is 7.64. The molecule has 0 saturated heterocycles. The van der Waals surface area contributed by atoms with Gasteiger partial charge in [-0.15, -0.1) is 0 Å². The summed E-state index contributed by atoms with van der Waals surface area (Å²) in [5, 5.41) is 0. The Labute approximate surface area is 97.9 Å². The topological polar surface area (TPSA) is 0 Å². The summed E-state index contributed by atoms with van der Waals surface area (Å²) in [6.45, 7) is 4.07. The summed E-state index contributed by atoms with van der Waals surface area (Å²) in [6, 6.07) is 7.00. The molecule has 1 radical (unpaired) electrons. The second-order valence-corrected chi connectivity index (χ2v) is 4.84. The van der Waals surface area contributed by atoms with Gasteiger partial charge in [-0.1, -0.05) is 38.3 Å². The average Bonchev–Trinajstić information content (AvgIpc) is 2.34. The number of benzene rings is 1. The summed E-state index contributed by atoms with van der Waals surface area (Å²) in [5.41, 5.74) is 1.27. The molecule has 0 bridgehead atoms. The number of hydrogen-bond acceptors (Lipinski definition) is 0. The van der Waals surface area contributed by atoms with E-state index < -0.39 is 0 Å². The largest absolute Gasteiger partial charge is 0.207 e. The molecular weight excluding hydrogens is 199 g/mol. The lowest BCUT2D eigenvalue weighted by Crippen LogP contribution is -2.15. The molecule has 2 rings (SSSR count). The van der Waals surface area contributed by atoms with Crippen molar-refractivity contribution in [3.8, 4) is 0 Å². The van der Waals surface area contributed by atoms with Crippen LogP contribution in [0.15, 0.2) is 24.3 Å². The summed E-state index contributed by atoms with van der Waals surface area (Å²) < 4.78 is 12.9. The summed E-state index contributed by atoms with van der Waals surface area (Å²) in [5.74, 6) is 1.15. The van der Waals surface area contributed by atoms with Crippen molar-refractivity contribution >= 4 is 0 Å². The maximum absolute atomic E-state index is 12.9. The molecule has 0 aliphatic heterocycles. The van der Waals surface area contributed by atoms with E-state index in [0.717, 1.165) is 12.3 Å². The monoisotopic (exact) mass is 219 g/mol. The van der Waals surface area contributed by atoms with Crippen molar-refractivity contribution in [1.82, 2.24) is 0 Å². The minimum absolute atomic E-state index is 0.143. The second kappa shape index (κ2) is 5.47. The lowest BCUT2D eigenvalue weighted by atomic mass is 9.76. The van der Waals surface area contributed by atoms with Gasteiger partial charge in [-0.05, 0) is 48.8 Å². The van der Waals surface area contributed by atoms with E-state index in [1.165, 1.54) is 37.7 Å². The highest BCUT2D eigenvalue weighted by atomic mass is 19.1. The number of hydrogen-bond donors (Lipinski definition) is 0. The van der Waals surface area contributed by atoms with Crippen LogP contribution in [0.1, 0.15) is 50.0 Å². The van der Waals surface area contributed by atoms with Gasteiger partial charge in [0.2, 0.25) is 0 Å². The van der Waals surface area contributed by atoms with E-state index in [1.807, 2.05) is 12.1 Å². The molecule has 16 heavy (non-hydrogen) atoms. The zero-order chi connectivity index (χ0) is 11.4. The van der Waals surface area contributed by atoms with Crippen molar-refractivity contribution < 1.29 is 4.39 Å². The highest BCUT2D eigenvalue weighted by Gasteiger charge is 2.23. The van der Waals surface area contributed by atoms with Crippen molar-refractivity contribution in [2.75, 3.05) is 0 Å². The third kappa shape index (κ3) is 2.63. The molecule has 1 fully saturated rings. The molecule has 0 heterocycles. The molecule has 1 atom stereocenters. The molecule has 1 aliphatic rings. The summed E-state index contributed by atoms with van der Waals surface area (Å²) in [4.78, 5) is 0.